The smallest absolute Gasteiger partial charge is 0.0723 e. The summed E-state index contributed by atoms with van der Waals surface area (Å²) in [5, 5.41) is 19.0. The van der Waals surface area contributed by atoms with Crippen molar-refractivity contribution >= 4 is 0 Å². The fourth-order valence-electron chi connectivity index (χ4n) is 2.75. The van der Waals surface area contributed by atoms with E-state index in [0.29, 0.717) is 11.8 Å². The molecule has 0 heterocycles. The molecule has 0 bridgehead atoms. The van der Waals surface area contributed by atoms with Crippen LogP contribution in [0.2, 0.25) is 0 Å². The normalized spacial score (nSPS) is 40.7. The van der Waals surface area contributed by atoms with Crippen LogP contribution in [0.4, 0.5) is 0 Å². The lowest BCUT2D eigenvalue weighted by Gasteiger charge is -2.28. The van der Waals surface area contributed by atoms with Gasteiger partial charge >= 0.3 is 0 Å². The van der Waals surface area contributed by atoms with E-state index in [1.165, 1.54) is 0 Å². The highest BCUT2D eigenvalue weighted by atomic mass is 16.3. The Hall–Kier alpha value is -0.600. The van der Waals surface area contributed by atoms with Gasteiger partial charge in [-0.3, -0.25) is 0 Å². The summed E-state index contributed by atoms with van der Waals surface area (Å²) in [6, 6.07) is 0. The van der Waals surface area contributed by atoms with Crippen LogP contribution in [-0.4, -0.2) is 22.4 Å². The number of rotatable bonds is 2. The zero-order valence-electron chi connectivity index (χ0n) is 9.05. The van der Waals surface area contributed by atoms with Gasteiger partial charge < -0.3 is 10.2 Å². The van der Waals surface area contributed by atoms with E-state index in [2.05, 4.69) is 12.2 Å². The van der Waals surface area contributed by atoms with E-state index in [4.69, 9.17) is 0 Å². The molecule has 0 spiro atoms. The SMILES string of the molecule is OC1C=CCC(CC2CC=CC(O)C2)C1. The van der Waals surface area contributed by atoms with Crippen molar-refractivity contribution in [1.29, 1.82) is 0 Å². The van der Waals surface area contributed by atoms with Crippen LogP contribution in [0, 0.1) is 11.8 Å². The van der Waals surface area contributed by atoms with Gasteiger partial charge in [-0.15, -0.1) is 0 Å². The minimum absolute atomic E-state index is 0.243. The molecular formula is C13H20O2. The molecule has 0 aromatic carbocycles. The third kappa shape index (κ3) is 3.18. The van der Waals surface area contributed by atoms with E-state index in [1.807, 2.05) is 12.2 Å². The molecule has 4 unspecified atom stereocenters. The fourth-order valence-corrected chi connectivity index (χ4v) is 2.75. The molecule has 2 aliphatic carbocycles. The van der Waals surface area contributed by atoms with Gasteiger partial charge in [-0.25, -0.2) is 0 Å². The lowest BCUT2D eigenvalue weighted by molar-refractivity contribution is 0.143. The third-order valence-electron chi connectivity index (χ3n) is 3.47. The summed E-state index contributed by atoms with van der Waals surface area (Å²) in [7, 11) is 0. The van der Waals surface area contributed by atoms with Crippen molar-refractivity contribution in [1.82, 2.24) is 0 Å². The second kappa shape index (κ2) is 4.95. The van der Waals surface area contributed by atoms with Gasteiger partial charge in [0.05, 0.1) is 12.2 Å². The lowest BCUT2D eigenvalue weighted by Crippen LogP contribution is -2.21. The number of aliphatic hydroxyl groups excluding tert-OH is 2. The Kier molecular flexibility index (Phi) is 3.60. The van der Waals surface area contributed by atoms with Crippen LogP contribution >= 0.6 is 0 Å². The molecule has 4 atom stereocenters. The lowest BCUT2D eigenvalue weighted by atomic mass is 9.80. The second-order valence-electron chi connectivity index (χ2n) is 4.90. The summed E-state index contributed by atoms with van der Waals surface area (Å²) >= 11 is 0. The van der Waals surface area contributed by atoms with Crippen LogP contribution in [0.25, 0.3) is 0 Å². The summed E-state index contributed by atoms with van der Waals surface area (Å²) in [5.41, 5.74) is 0. The maximum Gasteiger partial charge on any atom is 0.0723 e. The first-order valence-corrected chi connectivity index (χ1v) is 5.93. The Morgan fingerprint density at radius 1 is 0.867 bits per heavy atom. The minimum Gasteiger partial charge on any atom is -0.389 e. The van der Waals surface area contributed by atoms with Gasteiger partial charge in [0.2, 0.25) is 0 Å². The number of allylic oxidation sites excluding steroid dienone is 2. The van der Waals surface area contributed by atoms with Gasteiger partial charge in [0.1, 0.15) is 0 Å². The zero-order valence-corrected chi connectivity index (χ0v) is 9.05. The third-order valence-corrected chi connectivity index (χ3v) is 3.47. The number of aliphatic hydroxyl groups is 2. The van der Waals surface area contributed by atoms with Crippen LogP contribution in [0.15, 0.2) is 24.3 Å². The largest absolute Gasteiger partial charge is 0.389 e. The van der Waals surface area contributed by atoms with E-state index in [1.54, 1.807) is 0 Å². The van der Waals surface area contributed by atoms with E-state index >= 15 is 0 Å². The summed E-state index contributed by atoms with van der Waals surface area (Å²) in [5.74, 6) is 1.21. The maximum absolute atomic E-state index is 9.51. The predicted octanol–water partition coefficient (Wildman–Crippen LogP) is 2.03. The zero-order chi connectivity index (χ0) is 10.7. The first-order valence-electron chi connectivity index (χ1n) is 5.93. The topological polar surface area (TPSA) is 40.5 Å². The molecule has 0 radical (unpaired) electrons. The summed E-state index contributed by atoms with van der Waals surface area (Å²) < 4.78 is 0. The summed E-state index contributed by atoms with van der Waals surface area (Å²) in [4.78, 5) is 0. The number of hydrogen-bond donors (Lipinski definition) is 2. The van der Waals surface area contributed by atoms with E-state index in [0.717, 1.165) is 32.1 Å². The van der Waals surface area contributed by atoms with Gasteiger partial charge in [0, 0.05) is 0 Å². The second-order valence-corrected chi connectivity index (χ2v) is 4.90. The van der Waals surface area contributed by atoms with Crippen molar-refractivity contribution in [3.05, 3.63) is 24.3 Å². The highest BCUT2D eigenvalue weighted by Crippen LogP contribution is 2.31. The average molecular weight is 208 g/mol. The van der Waals surface area contributed by atoms with Crippen LogP contribution in [0.5, 0.6) is 0 Å². The van der Waals surface area contributed by atoms with Gasteiger partial charge in [0.15, 0.2) is 0 Å². The molecule has 0 saturated heterocycles. The summed E-state index contributed by atoms with van der Waals surface area (Å²) in [6.07, 6.45) is 12.6. The molecular weight excluding hydrogens is 188 g/mol. The minimum atomic E-state index is -0.243. The standard InChI is InChI=1S/C13H20O2/c14-12-5-1-3-10(8-12)7-11-4-2-6-13(15)9-11/h1-2,5-6,10-15H,3-4,7-9H2. The van der Waals surface area contributed by atoms with E-state index in [9.17, 15) is 10.2 Å². The van der Waals surface area contributed by atoms with Crippen molar-refractivity contribution in [2.75, 3.05) is 0 Å². The van der Waals surface area contributed by atoms with Crippen molar-refractivity contribution in [2.45, 2.75) is 44.3 Å². The molecule has 0 aliphatic heterocycles. The van der Waals surface area contributed by atoms with Crippen LogP contribution in [0.1, 0.15) is 32.1 Å². The Labute approximate surface area is 91.3 Å². The van der Waals surface area contributed by atoms with Crippen molar-refractivity contribution in [3.63, 3.8) is 0 Å². The van der Waals surface area contributed by atoms with Crippen molar-refractivity contribution in [3.8, 4) is 0 Å². The Balaban J connectivity index is 1.82. The summed E-state index contributed by atoms with van der Waals surface area (Å²) in [6.45, 7) is 0. The van der Waals surface area contributed by atoms with Gasteiger partial charge in [0.25, 0.3) is 0 Å². The van der Waals surface area contributed by atoms with Crippen molar-refractivity contribution in [2.24, 2.45) is 11.8 Å². The Morgan fingerprint density at radius 3 is 1.73 bits per heavy atom. The molecule has 2 rings (SSSR count). The van der Waals surface area contributed by atoms with Crippen molar-refractivity contribution < 1.29 is 10.2 Å². The van der Waals surface area contributed by atoms with E-state index < -0.39 is 0 Å². The molecule has 2 N–H and O–H groups in total. The molecule has 0 aromatic rings. The highest BCUT2D eigenvalue weighted by Gasteiger charge is 2.22. The fraction of sp³-hybridized carbons (Fsp3) is 0.692. The molecule has 2 heteroatoms. The average Bonchev–Trinajstić information content (AvgIpc) is 2.17. The predicted molar refractivity (Wildman–Crippen MR) is 60.4 cm³/mol. The number of hydrogen-bond acceptors (Lipinski definition) is 2. The molecule has 15 heavy (non-hydrogen) atoms. The Bertz CT molecular complexity index is 231. The van der Waals surface area contributed by atoms with Crippen LogP contribution < -0.4 is 0 Å². The van der Waals surface area contributed by atoms with Gasteiger partial charge in [-0.05, 0) is 43.9 Å². The van der Waals surface area contributed by atoms with Gasteiger partial charge in [-0.1, -0.05) is 24.3 Å². The molecule has 2 aliphatic rings. The first-order chi connectivity index (χ1) is 7.24. The van der Waals surface area contributed by atoms with Crippen LogP contribution in [0.3, 0.4) is 0 Å². The molecule has 2 nitrogen and oxygen atoms in total. The van der Waals surface area contributed by atoms with E-state index in [-0.39, 0.29) is 12.2 Å². The molecule has 0 fully saturated rings. The Morgan fingerprint density at radius 2 is 1.33 bits per heavy atom. The quantitative estimate of drug-likeness (QED) is 0.682. The molecule has 0 saturated carbocycles. The monoisotopic (exact) mass is 208 g/mol. The molecule has 0 amide bonds. The maximum atomic E-state index is 9.51. The first kappa shape index (κ1) is 10.9. The molecule has 84 valence electrons. The molecule has 0 aromatic heterocycles. The van der Waals surface area contributed by atoms with Gasteiger partial charge in [-0.2, -0.15) is 0 Å². The highest BCUT2D eigenvalue weighted by molar-refractivity contribution is 5.00. The van der Waals surface area contributed by atoms with Crippen LogP contribution in [-0.2, 0) is 0 Å².